The third-order valence-electron chi connectivity index (χ3n) is 2.81. The van der Waals surface area contributed by atoms with Crippen LogP contribution in [-0.4, -0.2) is 25.2 Å². The lowest BCUT2D eigenvalue weighted by Gasteiger charge is -2.30. The van der Waals surface area contributed by atoms with E-state index in [-0.39, 0.29) is 25.6 Å². The van der Waals surface area contributed by atoms with Gasteiger partial charge in [-0.2, -0.15) is 0 Å². The SMILES string of the molecule is CC#CCC(C(=O)OCC)(C(=O)OCC)C(C)C. The van der Waals surface area contributed by atoms with E-state index < -0.39 is 17.4 Å². The standard InChI is InChI=1S/C14H22O4/c1-6-9-10-14(11(4)5,12(15)17-7-2)13(16)18-8-3/h11H,7-8,10H2,1-5H3. The average Bonchev–Trinajstić information content (AvgIpc) is 2.30. The molecule has 102 valence electrons. The Labute approximate surface area is 109 Å². The second-order valence-corrected chi connectivity index (χ2v) is 4.17. The molecule has 0 spiro atoms. The Balaban J connectivity index is 5.45. The molecule has 0 atom stereocenters. The van der Waals surface area contributed by atoms with Crippen LogP contribution in [0.5, 0.6) is 0 Å². The maximum Gasteiger partial charge on any atom is 0.324 e. The van der Waals surface area contributed by atoms with Gasteiger partial charge in [0, 0.05) is 6.42 Å². The lowest BCUT2D eigenvalue weighted by molar-refractivity contribution is -0.175. The molecule has 0 rings (SSSR count). The van der Waals surface area contributed by atoms with E-state index in [2.05, 4.69) is 11.8 Å². The van der Waals surface area contributed by atoms with Crippen LogP contribution in [0.2, 0.25) is 0 Å². The molecule has 0 aliphatic heterocycles. The van der Waals surface area contributed by atoms with Crippen molar-refractivity contribution in [2.45, 2.75) is 41.0 Å². The Morgan fingerprint density at radius 1 is 1.11 bits per heavy atom. The minimum atomic E-state index is -1.32. The fourth-order valence-electron chi connectivity index (χ4n) is 1.65. The van der Waals surface area contributed by atoms with Crippen LogP contribution in [0, 0.1) is 23.2 Å². The van der Waals surface area contributed by atoms with E-state index in [1.165, 1.54) is 0 Å². The molecule has 4 heteroatoms. The molecule has 0 fully saturated rings. The van der Waals surface area contributed by atoms with Gasteiger partial charge < -0.3 is 9.47 Å². The first-order chi connectivity index (χ1) is 8.47. The lowest BCUT2D eigenvalue weighted by atomic mass is 9.74. The van der Waals surface area contributed by atoms with Gasteiger partial charge in [-0.1, -0.05) is 13.8 Å². The van der Waals surface area contributed by atoms with Crippen LogP contribution in [0.25, 0.3) is 0 Å². The first-order valence-electron chi connectivity index (χ1n) is 6.21. The van der Waals surface area contributed by atoms with Gasteiger partial charge in [-0.25, -0.2) is 0 Å². The van der Waals surface area contributed by atoms with E-state index >= 15 is 0 Å². The lowest BCUT2D eigenvalue weighted by Crippen LogP contribution is -2.46. The van der Waals surface area contributed by atoms with Gasteiger partial charge in [-0.05, 0) is 26.7 Å². The highest BCUT2D eigenvalue weighted by molar-refractivity contribution is 6.00. The fraction of sp³-hybridized carbons (Fsp3) is 0.714. The molecular formula is C14H22O4. The van der Waals surface area contributed by atoms with E-state index in [0.29, 0.717) is 0 Å². The number of hydrogen-bond donors (Lipinski definition) is 0. The first kappa shape index (κ1) is 16.5. The van der Waals surface area contributed by atoms with Gasteiger partial charge in [0.1, 0.15) is 0 Å². The van der Waals surface area contributed by atoms with Crippen LogP contribution in [0.4, 0.5) is 0 Å². The number of rotatable bonds is 6. The van der Waals surface area contributed by atoms with Crippen LogP contribution in [0.3, 0.4) is 0 Å². The van der Waals surface area contributed by atoms with Crippen LogP contribution >= 0.6 is 0 Å². The highest BCUT2D eigenvalue weighted by Gasteiger charge is 2.51. The van der Waals surface area contributed by atoms with Crippen molar-refractivity contribution in [3.05, 3.63) is 0 Å². The van der Waals surface area contributed by atoms with E-state index in [4.69, 9.17) is 9.47 Å². The summed E-state index contributed by atoms with van der Waals surface area (Å²) in [5.41, 5.74) is -1.32. The Hall–Kier alpha value is -1.50. The van der Waals surface area contributed by atoms with Crippen molar-refractivity contribution in [1.82, 2.24) is 0 Å². The maximum absolute atomic E-state index is 12.1. The summed E-state index contributed by atoms with van der Waals surface area (Å²) in [4.78, 5) is 24.3. The molecule has 0 amide bonds. The fourth-order valence-corrected chi connectivity index (χ4v) is 1.65. The molecule has 0 radical (unpaired) electrons. The summed E-state index contributed by atoms with van der Waals surface area (Å²) in [6.45, 7) is 9.13. The molecule has 0 heterocycles. The molecular weight excluding hydrogens is 232 g/mol. The first-order valence-corrected chi connectivity index (χ1v) is 6.21. The highest BCUT2D eigenvalue weighted by atomic mass is 16.6. The van der Waals surface area contributed by atoms with Gasteiger partial charge >= 0.3 is 11.9 Å². The van der Waals surface area contributed by atoms with Gasteiger partial charge in [0.25, 0.3) is 0 Å². The van der Waals surface area contributed by atoms with E-state index in [1.807, 2.05) is 0 Å². The maximum atomic E-state index is 12.1. The van der Waals surface area contributed by atoms with Crippen molar-refractivity contribution < 1.29 is 19.1 Å². The predicted octanol–water partition coefficient (Wildman–Crippen LogP) is 2.17. The second-order valence-electron chi connectivity index (χ2n) is 4.17. The summed E-state index contributed by atoms with van der Waals surface area (Å²) in [6, 6.07) is 0. The van der Waals surface area contributed by atoms with Crippen LogP contribution in [0.15, 0.2) is 0 Å². The number of carbonyl (C=O) groups is 2. The Morgan fingerprint density at radius 2 is 1.56 bits per heavy atom. The van der Waals surface area contributed by atoms with Crippen molar-refractivity contribution in [1.29, 1.82) is 0 Å². The quantitative estimate of drug-likeness (QED) is 0.414. The molecule has 0 aromatic heterocycles. The van der Waals surface area contributed by atoms with Gasteiger partial charge in [-0.3, -0.25) is 9.59 Å². The van der Waals surface area contributed by atoms with Crippen LogP contribution in [-0.2, 0) is 19.1 Å². The molecule has 0 aliphatic rings. The molecule has 0 aromatic carbocycles. The molecule has 0 aromatic rings. The molecule has 0 bridgehead atoms. The molecule has 4 nitrogen and oxygen atoms in total. The molecule has 0 aliphatic carbocycles. The van der Waals surface area contributed by atoms with Gasteiger partial charge in [0.05, 0.1) is 13.2 Å². The Kier molecular flexibility index (Phi) is 7.11. The second kappa shape index (κ2) is 7.75. The topological polar surface area (TPSA) is 52.6 Å². The van der Waals surface area contributed by atoms with Gasteiger partial charge in [-0.15, -0.1) is 11.8 Å². The summed E-state index contributed by atoms with van der Waals surface area (Å²) in [6.07, 6.45) is 0.124. The van der Waals surface area contributed by atoms with Crippen molar-refractivity contribution in [3.63, 3.8) is 0 Å². The number of ether oxygens (including phenoxy) is 2. The van der Waals surface area contributed by atoms with Crippen LogP contribution < -0.4 is 0 Å². The number of hydrogen-bond acceptors (Lipinski definition) is 4. The molecule has 0 saturated carbocycles. The minimum Gasteiger partial charge on any atom is -0.465 e. The van der Waals surface area contributed by atoms with Crippen LogP contribution in [0.1, 0.15) is 41.0 Å². The number of esters is 2. The smallest absolute Gasteiger partial charge is 0.324 e. The third-order valence-corrected chi connectivity index (χ3v) is 2.81. The summed E-state index contributed by atoms with van der Waals surface area (Å²) in [7, 11) is 0. The zero-order chi connectivity index (χ0) is 14.2. The monoisotopic (exact) mass is 254 g/mol. The van der Waals surface area contributed by atoms with E-state index in [1.54, 1.807) is 34.6 Å². The van der Waals surface area contributed by atoms with E-state index in [9.17, 15) is 9.59 Å². The Bertz CT molecular complexity index is 329. The molecule has 18 heavy (non-hydrogen) atoms. The minimum absolute atomic E-state index is 0.124. The molecule has 0 saturated heterocycles. The Morgan fingerprint density at radius 3 is 1.83 bits per heavy atom. The predicted molar refractivity (Wildman–Crippen MR) is 68.6 cm³/mol. The van der Waals surface area contributed by atoms with E-state index in [0.717, 1.165) is 0 Å². The van der Waals surface area contributed by atoms with Gasteiger partial charge in [0.15, 0.2) is 5.41 Å². The number of carbonyl (C=O) groups excluding carboxylic acids is 2. The third kappa shape index (κ3) is 3.49. The molecule has 0 unspecified atom stereocenters. The molecule has 0 N–H and O–H groups in total. The van der Waals surface area contributed by atoms with Crippen molar-refractivity contribution in [3.8, 4) is 11.8 Å². The summed E-state index contributed by atoms with van der Waals surface area (Å²) < 4.78 is 10.1. The summed E-state index contributed by atoms with van der Waals surface area (Å²) in [5.74, 6) is 4.16. The van der Waals surface area contributed by atoms with Crippen molar-refractivity contribution in [2.75, 3.05) is 13.2 Å². The summed E-state index contributed by atoms with van der Waals surface area (Å²) >= 11 is 0. The zero-order valence-electron chi connectivity index (χ0n) is 11.8. The summed E-state index contributed by atoms with van der Waals surface area (Å²) in [5, 5.41) is 0. The normalized spacial score (nSPS) is 10.6. The van der Waals surface area contributed by atoms with Crippen molar-refractivity contribution in [2.24, 2.45) is 11.3 Å². The van der Waals surface area contributed by atoms with Gasteiger partial charge in [0.2, 0.25) is 0 Å². The van der Waals surface area contributed by atoms with Crippen molar-refractivity contribution >= 4 is 11.9 Å². The zero-order valence-corrected chi connectivity index (χ0v) is 11.8. The largest absolute Gasteiger partial charge is 0.465 e. The highest BCUT2D eigenvalue weighted by Crippen LogP contribution is 2.34. The average molecular weight is 254 g/mol.